The second-order valence-electron chi connectivity index (χ2n) is 4.11. The van der Waals surface area contributed by atoms with Crippen LogP contribution >= 0.6 is 11.3 Å². The van der Waals surface area contributed by atoms with Gasteiger partial charge in [-0.15, -0.1) is 11.3 Å². The topological polar surface area (TPSA) is 79.3 Å². The third-order valence-electron chi connectivity index (χ3n) is 2.45. The molecule has 0 radical (unpaired) electrons. The van der Waals surface area contributed by atoms with Crippen molar-refractivity contribution in [3.63, 3.8) is 0 Å². The molecular weight excluding hydrogens is 264 g/mol. The Morgan fingerprint density at radius 3 is 2.63 bits per heavy atom. The zero-order chi connectivity index (χ0) is 14.0. The number of nitrogens with zero attached hydrogens (tertiary/aromatic N) is 1. The molecule has 0 saturated heterocycles. The van der Waals surface area contributed by atoms with Crippen molar-refractivity contribution in [2.75, 3.05) is 5.32 Å². The van der Waals surface area contributed by atoms with Crippen molar-refractivity contribution in [3.8, 4) is 0 Å². The summed E-state index contributed by atoms with van der Waals surface area (Å²) in [6.45, 7) is 3.63. The van der Waals surface area contributed by atoms with Crippen LogP contribution in [0.15, 0.2) is 24.5 Å². The molecule has 0 saturated carbocycles. The Balaban J connectivity index is 2.26. The fourth-order valence-corrected chi connectivity index (χ4v) is 2.52. The number of hydrogen-bond donors (Lipinski definition) is 2. The third kappa shape index (κ3) is 2.97. The van der Waals surface area contributed by atoms with Crippen molar-refractivity contribution < 1.29 is 14.7 Å². The summed E-state index contributed by atoms with van der Waals surface area (Å²) in [5, 5.41) is 12.0. The highest BCUT2D eigenvalue weighted by Gasteiger charge is 2.16. The smallest absolute Gasteiger partial charge is 0.338 e. The fraction of sp³-hybridized carbons (Fsp3) is 0.154. The molecule has 6 heteroatoms. The first-order chi connectivity index (χ1) is 8.97. The average Bonchev–Trinajstić information content (AvgIpc) is 2.70. The second-order valence-corrected chi connectivity index (χ2v) is 5.37. The summed E-state index contributed by atoms with van der Waals surface area (Å²) in [6, 6.07) is 3.24. The summed E-state index contributed by atoms with van der Waals surface area (Å²) in [7, 11) is 0. The Morgan fingerprint density at radius 1 is 1.26 bits per heavy atom. The molecule has 2 aromatic heterocycles. The van der Waals surface area contributed by atoms with Gasteiger partial charge in [-0.05, 0) is 31.5 Å². The summed E-state index contributed by atoms with van der Waals surface area (Å²) in [5.41, 5.74) is 1.38. The first kappa shape index (κ1) is 13.2. The molecule has 0 aliphatic rings. The van der Waals surface area contributed by atoms with Crippen molar-refractivity contribution in [2.24, 2.45) is 0 Å². The van der Waals surface area contributed by atoms with Gasteiger partial charge in [-0.25, -0.2) is 4.79 Å². The number of anilines is 1. The van der Waals surface area contributed by atoms with Gasteiger partial charge in [0.15, 0.2) is 0 Å². The number of nitrogens with one attached hydrogen (secondary N) is 1. The van der Waals surface area contributed by atoms with Crippen LogP contribution in [0.4, 0.5) is 5.00 Å². The Kier molecular flexibility index (Phi) is 3.62. The van der Waals surface area contributed by atoms with E-state index >= 15 is 0 Å². The van der Waals surface area contributed by atoms with Gasteiger partial charge in [0.25, 0.3) is 5.91 Å². The maximum absolute atomic E-state index is 12.0. The van der Waals surface area contributed by atoms with Crippen molar-refractivity contribution in [1.29, 1.82) is 0 Å². The van der Waals surface area contributed by atoms with Crippen LogP contribution in [0.1, 0.15) is 31.2 Å². The molecule has 2 heterocycles. The summed E-state index contributed by atoms with van der Waals surface area (Å²) >= 11 is 1.24. The van der Waals surface area contributed by atoms with Crippen LogP contribution in [0.2, 0.25) is 0 Å². The third-order valence-corrected chi connectivity index (χ3v) is 3.42. The molecule has 0 atom stereocenters. The minimum absolute atomic E-state index is 0.108. The van der Waals surface area contributed by atoms with Gasteiger partial charge in [-0.1, -0.05) is 0 Å². The SMILES string of the molecule is Cc1cncc(C(=O)Nc2sc(C)cc2C(=O)O)c1. The fourth-order valence-electron chi connectivity index (χ4n) is 1.62. The summed E-state index contributed by atoms with van der Waals surface area (Å²) < 4.78 is 0. The number of aromatic carboxylic acids is 1. The monoisotopic (exact) mass is 276 g/mol. The molecule has 1 amide bonds. The van der Waals surface area contributed by atoms with Crippen molar-refractivity contribution >= 4 is 28.2 Å². The molecule has 19 heavy (non-hydrogen) atoms. The highest BCUT2D eigenvalue weighted by Crippen LogP contribution is 2.28. The zero-order valence-electron chi connectivity index (χ0n) is 10.4. The largest absolute Gasteiger partial charge is 0.478 e. The van der Waals surface area contributed by atoms with Crippen LogP contribution in [0, 0.1) is 13.8 Å². The van der Waals surface area contributed by atoms with E-state index in [0.29, 0.717) is 10.6 Å². The first-order valence-corrected chi connectivity index (χ1v) is 6.36. The molecule has 0 fully saturated rings. The highest BCUT2D eigenvalue weighted by molar-refractivity contribution is 7.16. The molecule has 2 aromatic rings. The number of aromatic nitrogens is 1. The number of rotatable bonds is 3. The Morgan fingerprint density at radius 2 is 2.00 bits per heavy atom. The lowest BCUT2D eigenvalue weighted by Gasteiger charge is -2.04. The van der Waals surface area contributed by atoms with E-state index in [9.17, 15) is 9.59 Å². The Bertz CT molecular complexity index is 649. The van der Waals surface area contributed by atoms with Crippen molar-refractivity contribution in [1.82, 2.24) is 4.98 Å². The van der Waals surface area contributed by atoms with E-state index in [2.05, 4.69) is 10.3 Å². The number of aryl methyl sites for hydroxylation is 2. The molecular formula is C13H12N2O3S. The summed E-state index contributed by atoms with van der Waals surface area (Å²) in [4.78, 5) is 27.8. The normalized spacial score (nSPS) is 10.2. The number of carbonyl (C=O) groups excluding carboxylic acids is 1. The van der Waals surface area contributed by atoms with Gasteiger partial charge >= 0.3 is 5.97 Å². The predicted octanol–water partition coefficient (Wildman–Crippen LogP) is 2.71. The van der Waals surface area contributed by atoms with Crippen LogP contribution in [0.3, 0.4) is 0 Å². The maximum atomic E-state index is 12.0. The van der Waals surface area contributed by atoms with Gasteiger partial charge in [-0.2, -0.15) is 0 Å². The van der Waals surface area contributed by atoms with E-state index in [-0.39, 0.29) is 11.5 Å². The number of thiophene rings is 1. The standard InChI is InChI=1S/C13H12N2O3S/c1-7-3-9(6-14-5-7)11(16)15-12-10(13(17)18)4-8(2)19-12/h3-6H,1-2H3,(H,15,16)(H,17,18). The molecule has 2 rings (SSSR count). The number of hydrogen-bond acceptors (Lipinski definition) is 4. The lowest BCUT2D eigenvalue weighted by Crippen LogP contribution is -2.13. The van der Waals surface area contributed by atoms with E-state index in [1.165, 1.54) is 23.6 Å². The van der Waals surface area contributed by atoms with E-state index in [1.807, 2.05) is 6.92 Å². The lowest BCUT2D eigenvalue weighted by atomic mass is 10.2. The second kappa shape index (κ2) is 5.19. The molecule has 0 unspecified atom stereocenters. The van der Waals surface area contributed by atoms with Crippen LogP contribution in [-0.4, -0.2) is 22.0 Å². The predicted molar refractivity (Wildman–Crippen MR) is 72.9 cm³/mol. The van der Waals surface area contributed by atoms with Crippen LogP contribution in [-0.2, 0) is 0 Å². The molecule has 5 nitrogen and oxygen atoms in total. The van der Waals surface area contributed by atoms with Gasteiger partial charge in [0.05, 0.1) is 11.1 Å². The van der Waals surface area contributed by atoms with Crippen molar-refractivity contribution in [2.45, 2.75) is 13.8 Å². The Labute approximate surface area is 113 Å². The zero-order valence-corrected chi connectivity index (χ0v) is 11.2. The van der Waals surface area contributed by atoms with Crippen LogP contribution < -0.4 is 5.32 Å². The van der Waals surface area contributed by atoms with Crippen LogP contribution in [0.5, 0.6) is 0 Å². The van der Waals surface area contributed by atoms with Gasteiger partial charge in [-0.3, -0.25) is 9.78 Å². The van der Waals surface area contributed by atoms with E-state index in [4.69, 9.17) is 5.11 Å². The van der Waals surface area contributed by atoms with E-state index in [0.717, 1.165) is 10.4 Å². The first-order valence-electron chi connectivity index (χ1n) is 5.54. The van der Waals surface area contributed by atoms with Gasteiger partial charge < -0.3 is 10.4 Å². The number of carboxylic acid groups (broad SMARTS) is 1. The summed E-state index contributed by atoms with van der Waals surface area (Å²) in [6.07, 6.45) is 3.10. The Hall–Kier alpha value is -2.21. The number of carbonyl (C=O) groups is 2. The molecule has 0 spiro atoms. The lowest BCUT2D eigenvalue weighted by molar-refractivity contribution is 0.0698. The molecule has 0 bridgehead atoms. The minimum Gasteiger partial charge on any atom is -0.478 e. The molecule has 0 aliphatic heterocycles. The van der Waals surface area contributed by atoms with Gasteiger partial charge in [0.2, 0.25) is 0 Å². The van der Waals surface area contributed by atoms with E-state index < -0.39 is 5.97 Å². The molecule has 0 aromatic carbocycles. The molecule has 2 N–H and O–H groups in total. The highest BCUT2D eigenvalue weighted by atomic mass is 32.1. The number of carboxylic acids is 1. The van der Waals surface area contributed by atoms with Crippen LogP contribution in [0.25, 0.3) is 0 Å². The maximum Gasteiger partial charge on any atom is 0.338 e. The minimum atomic E-state index is -1.05. The van der Waals surface area contributed by atoms with Gasteiger partial charge in [0, 0.05) is 17.3 Å². The number of pyridine rings is 1. The average molecular weight is 276 g/mol. The van der Waals surface area contributed by atoms with Gasteiger partial charge in [0.1, 0.15) is 5.00 Å². The molecule has 98 valence electrons. The summed E-state index contributed by atoms with van der Waals surface area (Å²) in [5.74, 6) is -1.41. The van der Waals surface area contributed by atoms with E-state index in [1.54, 1.807) is 19.2 Å². The number of amides is 1. The van der Waals surface area contributed by atoms with Crippen molar-refractivity contribution in [3.05, 3.63) is 46.1 Å². The quantitative estimate of drug-likeness (QED) is 0.903. The molecule has 0 aliphatic carbocycles.